The van der Waals surface area contributed by atoms with E-state index in [0.29, 0.717) is 22.2 Å². The molecule has 4 aromatic rings. The Bertz CT molecular complexity index is 1420. The number of hydrogen-bond acceptors (Lipinski definition) is 7. The molecule has 1 aliphatic heterocycles. The quantitative estimate of drug-likeness (QED) is 0.424. The molecule has 1 N–H and O–H groups in total. The first-order valence-electron chi connectivity index (χ1n) is 11.2. The molecule has 1 aromatic carbocycles. The van der Waals surface area contributed by atoms with E-state index in [1.165, 1.54) is 40.6 Å². The number of nitrogens with zero attached hydrogens (tertiary/aromatic N) is 4. The van der Waals surface area contributed by atoms with E-state index >= 15 is 0 Å². The molecule has 170 valence electrons. The second-order valence-electron chi connectivity index (χ2n) is 8.48. The molecule has 0 radical (unpaired) electrons. The molecule has 0 bridgehead atoms. The third-order valence-electron chi connectivity index (χ3n) is 6.31. The van der Waals surface area contributed by atoms with Crippen LogP contribution in [0.3, 0.4) is 0 Å². The molecule has 1 fully saturated rings. The normalized spacial score (nSPS) is 17.8. The Morgan fingerprint density at radius 2 is 2.12 bits per heavy atom. The molecule has 1 amide bonds. The second-order valence-corrected chi connectivity index (χ2v) is 10.3. The Labute approximate surface area is 198 Å². The topological polar surface area (TPSA) is 90.5 Å². The lowest BCUT2D eigenvalue weighted by Crippen LogP contribution is -2.28. The van der Waals surface area contributed by atoms with Crippen LogP contribution in [0.2, 0.25) is 0 Å². The van der Waals surface area contributed by atoms with Crippen LogP contribution in [0.15, 0.2) is 39.6 Å². The van der Waals surface area contributed by atoms with Crippen LogP contribution < -0.4 is 10.9 Å². The van der Waals surface area contributed by atoms with Gasteiger partial charge < -0.3 is 10.1 Å². The van der Waals surface area contributed by atoms with Crippen LogP contribution in [0, 0.1) is 0 Å². The minimum atomic E-state index is -0.0936. The first-order valence-corrected chi connectivity index (χ1v) is 13.0. The number of aryl methyl sites for hydroxylation is 2. The van der Waals surface area contributed by atoms with Crippen LogP contribution in [0.25, 0.3) is 16.0 Å². The number of anilines is 1. The molecule has 1 unspecified atom stereocenters. The monoisotopic (exact) mass is 481 g/mol. The number of rotatable bonds is 6. The van der Waals surface area contributed by atoms with Gasteiger partial charge in [0.15, 0.2) is 5.16 Å². The number of ether oxygens (including phenoxy) is 1. The standard InChI is InChI=1S/C23H23N5O3S2/c29-19(24-16-7-6-14-3-1-4-15(14)11-16)13-33-23-26-25-22-27(12-17-5-2-9-31-17)21(30)20-18(28(22)23)8-10-32-20/h6-8,10-11,17H,1-5,9,12-13H2,(H,24,29). The molecule has 6 rings (SSSR count). The van der Waals surface area contributed by atoms with Crippen LogP contribution in [0.5, 0.6) is 0 Å². The van der Waals surface area contributed by atoms with Gasteiger partial charge in [-0.2, -0.15) is 0 Å². The maximum absolute atomic E-state index is 13.1. The van der Waals surface area contributed by atoms with Crippen molar-refractivity contribution in [2.75, 3.05) is 17.7 Å². The van der Waals surface area contributed by atoms with Crippen molar-refractivity contribution in [1.82, 2.24) is 19.2 Å². The van der Waals surface area contributed by atoms with Crippen LogP contribution in [0.4, 0.5) is 5.69 Å². The maximum atomic E-state index is 13.1. The fraction of sp³-hybridized carbons (Fsp3) is 0.391. The SMILES string of the molecule is O=C(CSc1nnc2n(CC3CCCO3)c(=O)c3sccc3n12)Nc1ccc2c(c1)CCC2. The zero-order chi connectivity index (χ0) is 22.4. The van der Waals surface area contributed by atoms with E-state index in [4.69, 9.17) is 4.74 Å². The summed E-state index contributed by atoms with van der Waals surface area (Å²) in [7, 11) is 0. The summed E-state index contributed by atoms with van der Waals surface area (Å²) in [5, 5.41) is 14.1. The lowest BCUT2D eigenvalue weighted by Gasteiger charge is -2.13. The highest BCUT2D eigenvalue weighted by atomic mass is 32.2. The van der Waals surface area contributed by atoms with Crippen molar-refractivity contribution >= 4 is 50.7 Å². The van der Waals surface area contributed by atoms with E-state index in [1.54, 1.807) is 4.57 Å². The summed E-state index contributed by atoms with van der Waals surface area (Å²) in [5.74, 6) is 0.598. The number of fused-ring (bicyclic) bond motifs is 4. The van der Waals surface area contributed by atoms with Gasteiger partial charge in [0.05, 0.1) is 23.9 Å². The van der Waals surface area contributed by atoms with Gasteiger partial charge in [0, 0.05) is 12.3 Å². The van der Waals surface area contributed by atoms with Crippen molar-refractivity contribution in [3.8, 4) is 0 Å². The van der Waals surface area contributed by atoms with Gasteiger partial charge in [-0.1, -0.05) is 17.8 Å². The Kier molecular flexibility index (Phi) is 5.43. The van der Waals surface area contributed by atoms with E-state index in [2.05, 4.69) is 27.6 Å². The summed E-state index contributed by atoms with van der Waals surface area (Å²) in [6.07, 6.45) is 5.31. The van der Waals surface area contributed by atoms with Crippen molar-refractivity contribution in [2.45, 2.75) is 49.9 Å². The predicted molar refractivity (Wildman–Crippen MR) is 129 cm³/mol. The summed E-state index contributed by atoms with van der Waals surface area (Å²) in [5.41, 5.74) is 4.24. The number of carbonyl (C=O) groups is 1. The molecule has 1 atom stereocenters. The van der Waals surface area contributed by atoms with E-state index in [0.717, 1.165) is 43.5 Å². The highest BCUT2D eigenvalue weighted by Gasteiger charge is 2.23. The van der Waals surface area contributed by atoms with Crippen molar-refractivity contribution in [2.24, 2.45) is 0 Å². The van der Waals surface area contributed by atoms with Crippen LogP contribution in [-0.4, -0.2) is 43.5 Å². The number of amides is 1. The Hall–Kier alpha value is -2.69. The lowest BCUT2D eigenvalue weighted by molar-refractivity contribution is -0.113. The maximum Gasteiger partial charge on any atom is 0.272 e. The zero-order valence-corrected chi connectivity index (χ0v) is 19.6. The summed E-state index contributed by atoms with van der Waals surface area (Å²) in [4.78, 5) is 25.8. The van der Waals surface area contributed by atoms with Gasteiger partial charge in [0.1, 0.15) is 4.70 Å². The average molecular weight is 482 g/mol. The van der Waals surface area contributed by atoms with Gasteiger partial charge in [0.25, 0.3) is 5.56 Å². The molecule has 33 heavy (non-hydrogen) atoms. The highest BCUT2D eigenvalue weighted by molar-refractivity contribution is 7.99. The third-order valence-corrected chi connectivity index (χ3v) is 8.13. The minimum absolute atomic E-state index is 0.00909. The fourth-order valence-corrected chi connectivity index (χ4v) is 6.29. The molecule has 2 aliphatic rings. The predicted octanol–water partition coefficient (Wildman–Crippen LogP) is 3.50. The van der Waals surface area contributed by atoms with E-state index in [9.17, 15) is 9.59 Å². The largest absolute Gasteiger partial charge is 0.376 e. The first-order chi connectivity index (χ1) is 16.2. The Morgan fingerprint density at radius 3 is 3.00 bits per heavy atom. The minimum Gasteiger partial charge on any atom is -0.376 e. The van der Waals surface area contributed by atoms with Gasteiger partial charge in [-0.3, -0.25) is 18.6 Å². The van der Waals surface area contributed by atoms with Crippen LogP contribution in [-0.2, 0) is 28.9 Å². The molecule has 0 spiro atoms. The molecule has 4 heterocycles. The fourth-order valence-electron chi connectivity index (χ4n) is 4.73. The van der Waals surface area contributed by atoms with Gasteiger partial charge in [-0.25, -0.2) is 0 Å². The third kappa shape index (κ3) is 3.85. The Morgan fingerprint density at radius 1 is 1.21 bits per heavy atom. The first kappa shape index (κ1) is 20.9. The van der Waals surface area contributed by atoms with Crippen molar-refractivity contribution in [3.05, 3.63) is 51.1 Å². The number of nitrogens with one attached hydrogen (secondary N) is 1. The van der Waals surface area contributed by atoms with Crippen molar-refractivity contribution < 1.29 is 9.53 Å². The number of thiophene rings is 1. The van der Waals surface area contributed by atoms with Crippen molar-refractivity contribution in [3.63, 3.8) is 0 Å². The number of hydrogen-bond donors (Lipinski definition) is 1. The van der Waals surface area contributed by atoms with Gasteiger partial charge in [-0.05, 0) is 66.8 Å². The molecule has 10 heteroatoms. The van der Waals surface area contributed by atoms with Gasteiger partial charge in [0.2, 0.25) is 11.7 Å². The average Bonchev–Trinajstić information content (AvgIpc) is 3.60. The van der Waals surface area contributed by atoms with E-state index in [-0.39, 0.29) is 23.3 Å². The summed E-state index contributed by atoms with van der Waals surface area (Å²) < 4.78 is 9.96. The summed E-state index contributed by atoms with van der Waals surface area (Å²) in [6, 6.07) is 8.06. The molecular weight excluding hydrogens is 458 g/mol. The molecule has 8 nitrogen and oxygen atoms in total. The molecule has 3 aromatic heterocycles. The van der Waals surface area contributed by atoms with Crippen LogP contribution >= 0.6 is 23.1 Å². The van der Waals surface area contributed by atoms with Gasteiger partial charge >= 0.3 is 0 Å². The zero-order valence-electron chi connectivity index (χ0n) is 18.0. The molecular formula is C23H23N5O3S2. The van der Waals surface area contributed by atoms with E-state index < -0.39 is 0 Å². The molecule has 1 saturated heterocycles. The van der Waals surface area contributed by atoms with Gasteiger partial charge in [-0.15, -0.1) is 21.5 Å². The molecule has 0 saturated carbocycles. The smallest absolute Gasteiger partial charge is 0.272 e. The lowest BCUT2D eigenvalue weighted by atomic mass is 10.1. The highest BCUT2D eigenvalue weighted by Crippen LogP contribution is 2.27. The summed E-state index contributed by atoms with van der Waals surface area (Å²) in [6.45, 7) is 1.18. The summed E-state index contributed by atoms with van der Waals surface area (Å²) >= 11 is 2.73. The van der Waals surface area contributed by atoms with Crippen LogP contribution in [0.1, 0.15) is 30.4 Å². The van der Waals surface area contributed by atoms with E-state index in [1.807, 2.05) is 21.9 Å². The second kappa shape index (κ2) is 8.58. The number of carbonyl (C=O) groups excluding carboxylic acids is 1. The number of thioether (sulfide) groups is 1. The molecule has 1 aliphatic carbocycles. The Balaban J connectivity index is 1.26. The van der Waals surface area contributed by atoms with Crippen molar-refractivity contribution in [1.29, 1.82) is 0 Å². The number of aromatic nitrogens is 4. The number of benzene rings is 1.